The van der Waals surface area contributed by atoms with Crippen LogP contribution in [0, 0.1) is 0 Å². The molecule has 0 saturated carbocycles. The van der Waals surface area contributed by atoms with Crippen LogP contribution in [0.1, 0.15) is 19.4 Å². The van der Waals surface area contributed by atoms with E-state index in [-0.39, 0.29) is 12.2 Å². The molecule has 0 spiro atoms. The van der Waals surface area contributed by atoms with Gasteiger partial charge in [0.15, 0.2) is 0 Å². The summed E-state index contributed by atoms with van der Waals surface area (Å²) < 4.78 is 5.31. The van der Waals surface area contributed by atoms with Crippen LogP contribution in [0.2, 0.25) is 0 Å². The zero-order chi connectivity index (χ0) is 13.1. The second-order valence-electron chi connectivity index (χ2n) is 3.63. The fraction of sp³-hybridized carbons (Fsp3) is 0.250. The maximum Gasteiger partial charge on any atom is 0.0732 e. The van der Waals surface area contributed by atoms with Crippen LogP contribution in [0.15, 0.2) is 62.2 Å². The third-order valence-electron chi connectivity index (χ3n) is 2.13. The monoisotopic (exact) mass is 230 g/mol. The van der Waals surface area contributed by atoms with E-state index < -0.39 is 0 Å². The minimum absolute atomic E-state index is 0.123. The Morgan fingerprint density at radius 2 is 1.41 bits per heavy atom. The molecule has 0 aromatic heterocycles. The Balaban J connectivity index is 0.000000302. The summed E-state index contributed by atoms with van der Waals surface area (Å²) in [4.78, 5) is 0. The quantitative estimate of drug-likeness (QED) is 0.678. The fourth-order valence-electron chi connectivity index (χ4n) is 1.04. The molecule has 0 aliphatic rings. The molecule has 1 heteroatoms. The summed E-state index contributed by atoms with van der Waals surface area (Å²) in [5.41, 5.74) is 1.17. The van der Waals surface area contributed by atoms with Crippen molar-refractivity contribution in [3.8, 4) is 0 Å². The van der Waals surface area contributed by atoms with Gasteiger partial charge in [0.2, 0.25) is 0 Å². The predicted molar refractivity (Wildman–Crippen MR) is 76.9 cm³/mol. The van der Waals surface area contributed by atoms with Crippen molar-refractivity contribution in [1.82, 2.24) is 0 Å². The molecule has 0 N–H and O–H groups in total. The highest BCUT2D eigenvalue weighted by atomic mass is 16.5. The number of ether oxygens (including phenoxy) is 1. The Kier molecular flexibility index (Phi) is 8.71. The van der Waals surface area contributed by atoms with Gasteiger partial charge < -0.3 is 4.74 Å². The minimum Gasteiger partial charge on any atom is -0.367 e. The highest BCUT2D eigenvalue weighted by Gasteiger charge is 1.98. The average Bonchev–Trinajstić information content (AvgIpc) is 2.40. The zero-order valence-corrected chi connectivity index (χ0v) is 10.8. The summed E-state index contributed by atoms with van der Waals surface area (Å²) in [5.74, 6) is 0. The van der Waals surface area contributed by atoms with Crippen LogP contribution in [-0.2, 0) is 4.74 Å². The Labute approximate surface area is 105 Å². The van der Waals surface area contributed by atoms with Crippen LogP contribution in [0.4, 0.5) is 0 Å². The Hall–Kier alpha value is -1.60. The molecule has 1 aromatic carbocycles. The molecule has 0 amide bonds. The first-order valence-electron chi connectivity index (χ1n) is 5.72. The van der Waals surface area contributed by atoms with Crippen molar-refractivity contribution >= 4 is 6.08 Å². The second-order valence-corrected chi connectivity index (χ2v) is 3.63. The molecule has 1 nitrogen and oxygen atoms in total. The Bertz CT molecular complexity index is 315. The van der Waals surface area contributed by atoms with E-state index in [0.717, 1.165) is 0 Å². The van der Waals surface area contributed by atoms with Gasteiger partial charge in [-0.2, -0.15) is 0 Å². The lowest BCUT2D eigenvalue weighted by molar-refractivity contribution is 0.0635. The number of benzene rings is 1. The molecule has 0 aliphatic carbocycles. The van der Waals surface area contributed by atoms with Gasteiger partial charge in [-0.1, -0.05) is 55.1 Å². The van der Waals surface area contributed by atoms with Gasteiger partial charge in [0.1, 0.15) is 0 Å². The molecule has 0 heterocycles. The first kappa shape index (κ1) is 15.4. The highest BCUT2D eigenvalue weighted by Crippen LogP contribution is 1.98. The second kappa shape index (κ2) is 9.61. The van der Waals surface area contributed by atoms with E-state index >= 15 is 0 Å². The third kappa shape index (κ3) is 8.23. The summed E-state index contributed by atoms with van der Waals surface area (Å²) in [5, 5.41) is 0. The van der Waals surface area contributed by atoms with Gasteiger partial charge in [0.25, 0.3) is 0 Å². The molecule has 1 rings (SSSR count). The molecule has 92 valence electrons. The SMILES string of the molecule is C=CC(C)OC(C)C=C.C=Cc1ccccc1. The number of rotatable bonds is 5. The number of hydrogen-bond donors (Lipinski definition) is 0. The maximum atomic E-state index is 5.31. The summed E-state index contributed by atoms with van der Waals surface area (Å²) in [7, 11) is 0. The molecule has 0 saturated heterocycles. The van der Waals surface area contributed by atoms with Crippen molar-refractivity contribution in [2.24, 2.45) is 0 Å². The van der Waals surface area contributed by atoms with Crippen molar-refractivity contribution in [3.05, 3.63) is 67.8 Å². The van der Waals surface area contributed by atoms with Crippen LogP contribution >= 0.6 is 0 Å². The summed E-state index contributed by atoms with van der Waals surface area (Å²) in [6.07, 6.45) is 5.61. The standard InChI is InChI=1S/C8H14O.C8H8/c1-5-7(3)9-8(4)6-2;1-2-8-6-4-3-5-7-8/h5-8H,1-2H2,3-4H3;2-7H,1H2. The molecular weight excluding hydrogens is 208 g/mol. The molecule has 0 fully saturated rings. The fourth-order valence-corrected chi connectivity index (χ4v) is 1.04. The Morgan fingerprint density at radius 3 is 1.71 bits per heavy atom. The van der Waals surface area contributed by atoms with Crippen LogP contribution in [0.25, 0.3) is 6.08 Å². The lowest BCUT2D eigenvalue weighted by Gasteiger charge is -2.11. The van der Waals surface area contributed by atoms with E-state index in [1.807, 2.05) is 50.3 Å². The van der Waals surface area contributed by atoms with Crippen LogP contribution in [0.5, 0.6) is 0 Å². The lowest BCUT2D eigenvalue weighted by atomic mass is 10.2. The van der Waals surface area contributed by atoms with Gasteiger partial charge in [-0.3, -0.25) is 0 Å². The van der Waals surface area contributed by atoms with Crippen molar-refractivity contribution in [3.63, 3.8) is 0 Å². The Morgan fingerprint density at radius 1 is 0.941 bits per heavy atom. The highest BCUT2D eigenvalue weighted by molar-refractivity contribution is 5.45. The average molecular weight is 230 g/mol. The van der Waals surface area contributed by atoms with E-state index in [4.69, 9.17) is 4.74 Å². The van der Waals surface area contributed by atoms with Crippen molar-refractivity contribution in [2.75, 3.05) is 0 Å². The maximum absolute atomic E-state index is 5.31. The molecule has 2 atom stereocenters. The largest absolute Gasteiger partial charge is 0.367 e. The van der Waals surface area contributed by atoms with Crippen LogP contribution < -0.4 is 0 Å². The topological polar surface area (TPSA) is 9.23 Å². The molecular formula is C16H22O. The summed E-state index contributed by atoms with van der Waals surface area (Å²) in [6, 6.07) is 10.0. The van der Waals surface area contributed by atoms with Crippen LogP contribution in [0.3, 0.4) is 0 Å². The van der Waals surface area contributed by atoms with Crippen molar-refractivity contribution in [2.45, 2.75) is 26.1 Å². The molecule has 0 radical (unpaired) electrons. The van der Waals surface area contributed by atoms with Crippen molar-refractivity contribution in [1.29, 1.82) is 0 Å². The molecule has 0 aliphatic heterocycles. The third-order valence-corrected chi connectivity index (χ3v) is 2.13. The predicted octanol–water partition coefficient (Wildman–Crippen LogP) is 4.48. The van der Waals surface area contributed by atoms with Gasteiger partial charge in [0, 0.05) is 0 Å². The van der Waals surface area contributed by atoms with Crippen LogP contribution in [-0.4, -0.2) is 12.2 Å². The van der Waals surface area contributed by atoms with Gasteiger partial charge in [0.05, 0.1) is 12.2 Å². The minimum atomic E-state index is 0.123. The lowest BCUT2D eigenvalue weighted by Crippen LogP contribution is -2.11. The molecule has 2 unspecified atom stereocenters. The first-order chi connectivity index (χ1) is 8.13. The van der Waals surface area contributed by atoms with E-state index in [1.54, 1.807) is 12.2 Å². The smallest absolute Gasteiger partial charge is 0.0732 e. The van der Waals surface area contributed by atoms with E-state index in [0.29, 0.717) is 0 Å². The molecule has 0 bridgehead atoms. The van der Waals surface area contributed by atoms with E-state index in [1.165, 1.54) is 5.56 Å². The zero-order valence-electron chi connectivity index (χ0n) is 10.8. The first-order valence-corrected chi connectivity index (χ1v) is 5.72. The van der Waals surface area contributed by atoms with Gasteiger partial charge in [-0.15, -0.1) is 13.2 Å². The normalized spacial score (nSPS) is 12.6. The molecule has 17 heavy (non-hydrogen) atoms. The summed E-state index contributed by atoms with van der Waals surface area (Å²) >= 11 is 0. The number of hydrogen-bond acceptors (Lipinski definition) is 1. The van der Waals surface area contributed by atoms with Gasteiger partial charge in [-0.05, 0) is 19.4 Å². The van der Waals surface area contributed by atoms with Gasteiger partial charge in [-0.25, -0.2) is 0 Å². The van der Waals surface area contributed by atoms with Gasteiger partial charge >= 0.3 is 0 Å². The van der Waals surface area contributed by atoms with E-state index in [9.17, 15) is 0 Å². The van der Waals surface area contributed by atoms with E-state index in [2.05, 4.69) is 19.7 Å². The summed E-state index contributed by atoms with van der Waals surface area (Å²) in [6.45, 7) is 14.7. The molecule has 1 aromatic rings. The van der Waals surface area contributed by atoms with Crippen molar-refractivity contribution < 1.29 is 4.74 Å².